The van der Waals surface area contributed by atoms with Crippen molar-refractivity contribution in [3.8, 4) is 17.1 Å². The molecular weight excluding hydrogens is 352 g/mol. The molecule has 4 aromatic rings. The van der Waals surface area contributed by atoms with Crippen LogP contribution < -0.4 is 10.3 Å². The van der Waals surface area contributed by atoms with E-state index in [1.807, 2.05) is 64.0 Å². The first kappa shape index (κ1) is 17.7. The summed E-state index contributed by atoms with van der Waals surface area (Å²) < 4.78 is 8.94. The minimum absolute atomic E-state index is 0.219. The van der Waals surface area contributed by atoms with Crippen LogP contribution in [-0.2, 0) is 13.1 Å². The molecule has 0 radical (unpaired) electrons. The maximum atomic E-state index is 12.3. The molecule has 0 amide bonds. The SMILES string of the molecule is COc1cn(Cc2ccccc2)c(-c2cnn(Cc3ccccc3)c2)nc1=O. The number of methoxy groups -OCH3 is 1. The van der Waals surface area contributed by atoms with Gasteiger partial charge < -0.3 is 9.30 Å². The third-order valence-corrected chi connectivity index (χ3v) is 4.46. The highest BCUT2D eigenvalue weighted by atomic mass is 16.5. The van der Waals surface area contributed by atoms with Crippen LogP contribution in [0.1, 0.15) is 11.1 Å². The van der Waals surface area contributed by atoms with Crippen molar-refractivity contribution in [1.29, 1.82) is 0 Å². The van der Waals surface area contributed by atoms with Gasteiger partial charge in [0.25, 0.3) is 0 Å². The quantitative estimate of drug-likeness (QED) is 0.521. The lowest BCUT2D eigenvalue weighted by Crippen LogP contribution is -2.17. The van der Waals surface area contributed by atoms with Gasteiger partial charge in [0.15, 0.2) is 0 Å². The van der Waals surface area contributed by atoms with E-state index in [0.29, 0.717) is 18.9 Å². The van der Waals surface area contributed by atoms with Gasteiger partial charge in [-0.05, 0) is 11.1 Å². The van der Waals surface area contributed by atoms with Crippen molar-refractivity contribution in [2.24, 2.45) is 0 Å². The Labute approximate surface area is 162 Å². The largest absolute Gasteiger partial charge is 0.490 e. The number of ether oxygens (including phenoxy) is 1. The summed E-state index contributed by atoms with van der Waals surface area (Å²) in [7, 11) is 1.48. The zero-order valence-corrected chi connectivity index (χ0v) is 15.5. The summed E-state index contributed by atoms with van der Waals surface area (Å²) in [6, 6.07) is 20.1. The van der Waals surface area contributed by atoms with E-state index in [1.54, 1.807) is 12.4 Å². The molecule has 6 nitrogen and oxygen atoms in total. The number of hydrogen-bond acceptors (Lipinski definition) is 4. The fourth-order valence-corrected chi connectivity index (χ4v) is 3.08. The zero-order valence-electron chi connectivity index (χ0n) is 15.5. The molecule has 0 bridgehead atoms. The molecule has 0 saturated carbocycles. The van der Waals surface area contributed by atoms with Crippen LogP contribution in [0.3, 0.4) is 0 Å². The monoisotopic (exact) mass is 372 g/mol. The molecular formula is C22H20N4O2. The van der Waals surface area contributed by atoms with Crippen LogP contribution >= 0.6 is 0 Å². The van der Waals surface area contributed by atoms with Gasteiger partial charge in [0.1, 0.15) is 5.82 Å². The Morgan fingerprint density at radius 1 is 0.893 bits per heavy atom. The molecule has 2 aromatic carbocycles. The van der Waals surface area contributed by atoms with Gasteiger partial charge in [-0.15, -0.1) is 0 Å². The van der Waals surface area contributed by atoms with Gasteiger partial charge in [0.2, 0.25) is 5.75 Å². The summed E-state index contributed by atoms with van der Waals surface area (Å²) in [5, 5.41) is 4.44. The lowest BCUT2D eigenvalue weighted by molar-refractivity contribution is 0.402. The molecule has 0 aliphatic carbocycles. The molecule has 2 aromatic heterocycles. The minimum atomic E-state index is -0.391. The van der Waals surface area contributed by atoms with E-state index in [4.69, 9.17) is 4.74 Å². The first-order chi connectivity index (χ1) is 13.7. The van der Waals surface area contributed by atoms with Crippen LogP contribution in [-0.4, -0.2) is 26.4 Å². The molecule has 0 N–H and O–H groups in total. The average Bonchev–Trinajstić information content (AvgIpc) is 3.19. The Kier molecular flexibility index (Phi) is 5.01. The van der Waals surface area contributed by atoms with Gasteiger partial charge in [-0.1, -0.05) is 60.7 Å². The molecule has 2 heterocycles. The maximum absolute atomic E-state index is 12.3. The predicted octanol–water partition coefficient (Wildman–Crippen LogP) is 3.21. The lowest BCUT2D eigenvalue weighted by Gasteiger charge is -2.13. The van der Waals surface area contributed by atoms with Crippen molar-refractivity contribution in [2.75, 3.05) is 7.11 Å². The highest BCUT2D eigenvalue weighted by Crippen LogP contribution is 2.19. The van der Waals surface area contributed by atoms with Gasteiger partial charge in [0, 0.05) is 12.7 Å². The molecule has 0 saturated heterocycles. The van der Waals surface area contributed by atoms with E-state index >= 15 is 0 Å². The summed E-state index contributed by atoms with van der Waals surface area (Å²) in [5.74, 6) is 0.783. The third kappa shape index (κ3) is 3.86. The van der Waals surface area contributed by atoms with E-state index in [1.165, 1.54) is 7.11 Å². The van der Waals surface area contributed by atoms with E-state index in [0.717, 1.165) is 16.7 Å². The summed E-state index contributed by atoms with van der Waals surface area (Å²) >= 11 is 0. The number of nitrogens with zero attached hydrogens (tertiary/aromatic N) is 4. The molecule has 140 valence electrons. The molecule has 4 rings (SSSR count). The minimum Gasteiger partial charge on any atom is -0.490 e. The van der Waals surface area contributed by atoms with Crippen molar-refractivity contribution in [1.82, 2.24) is 19.3 Å². The third-order valence-electron chi connectivity index (χ3n) is 4.46. The molecule has 0 fully saturated rings. The molecule has 0 atom stereocenters. The molecule has 0 aliphatic heterocycles. The molecule has 6 heteroatoms. The Morgan fingerprint density at radius 2 is 1.54 bits per heavy atom. The van der Waals surface area contributed by atoms with Crippen molar-refractivity contribution < 1.29 is 4.74 Å². The van der Waals surface area contributed by atoms with Gasteiger partial charge in [-0.25, -0.2) is 0 Å². The molecule has 0 unspecified atom stereocenters. The van der Waals surface area contributed by atoms with Crippen molar-refractivity contribution in [3.63, 3.8) is 0 Å². The Morgan fingerprint density at radius 3 is 2.18 bits per heavy atom. The van der Waals surface area contributed by atoms with Gasteiger partial charge in [-0.2, -0.15) is 10.1 Å². The van der Waals surface area contributed by atoms with E-state index in [2.05, 4.69) is 22.2 Å². The number of hydrogen-bond donors (Lipinski definition) is 0. The second kappa shape index (κ2) is 7.92. The van der Waals surface area contributed by atoms with Gasteiger partial charge >= 0.3 is 5.56 Å². The van der Waals surface area contributed by atoms with Crippen LogP contribution in [0.15, 0.2) is 84.0 Å². The lowest BCUT2D eigenvalue weighted by atomic mass is 10.2. The van der Waals surface area contributed by atoms with Crippen LogP contribution in [0.5, 0.6) is 5.75 Å². The van der Waals surface area contributed by atoms with Crippen molar-refractivity contribution in [2.45, 2.75) is 13.1 Å². The zero-order chi connectivity index (χ0) is 19.3. The number of aromatic nitrogens is 4. The van der Waals surface area contributed by atoms with Crippen LogP contribution in [0.2, 0.25) is 0 Å². The first-order valence-corrected chi connectivity index (χ1v) is 8.99. The fourth-order valence-electron chi connectivity index (χ4n) is 3.08. The van der Waals surface area contributed by atoms with E-state index in [9.17, 15) is 4.79 Å². The highest BCUT2D eigenvalue weighted by Gasteiger charge is 2.13. The topological polar surface area (TPSA) is 61.9 Å². The molecule has 0 spiro atoms. The summed E-state index contributed by atoms with van der Waals surface area (Å²) in [6.07, 6.45) is 5.34. The van der Waals surface area contributed by atoms with E-state index in [-0.39, 0.29) is 5.75 Å². The van der Waals surface area contributed by atoms with Gasteiger partial charge in [0.05, 0.1) is 31.6 Å². The maximum Gasteiger partial charge on any atom is 0.315 e. The summed E-state index contributed by atoms with van der Waals surface area (Å²) in [4.78, 5) is 16.5. The van der Waals surface area contributed by atoms with Crippen molar-refractivity contribution >= 4 is 0 Å². The van der Waals surface area contributed by atoms with Crippen LogP contribution in [0, 0.1) is 0 Å². The van der Waals surface area contributed by atoms with Gasteiger partial charge in [-0.3, -0.25) is 9.48 Å². The smallest absolute Gasteiger partial charge is 0.315 e. The standard InChI is InChI=1S/C22H20N4O2/c1-28-20-16-25(13-17-8-4-2-5-9-17)21(24-22(20)27)19-12-23-26(15-19)14-18-10-6-3-7-11-18/h2-12,15-16H,13-14H2,1H3. The van der Waals surface area contributed by atoms with E-state index < -0.39 is 5.56 Å². The summed E-state index contributed by atoms with van der Waals surface area (Å²) in [5.41, 5.74) is 2.65. The number of rotatable bonds is 6. The summed E-state index contributed by atoms with van der Waals surface area (Å²) in [6.45, 7) is 1.23. The number of benzene rings is 2. The molecule has 28 heavy (non-hydrogen) atoms. The van der Waals surface area contributed by atoms with Crippen LogP contribution in [0.4, 0.5) is 0 Å². The highest BCUT2D eigenvalue weighted by molar-refractivity contribution is 5.53. The Bertz CT molecular complexity index is 1120. The molecule has 0 aliphatic rings. The predicted molar refractivity (Wildman–Crippen MR) is 107 cm³/mol. The van der Waals surface area contributed by atoms with Crippen molar-refractivity contribution in [3.05, 3.63) is 101 Å². The average molecular weight is 372 g/mol. The fraction of sp³-hybridized carbons (Fsp3) is 0.136. The first-order valence-electron chi connectivity index (χ1n) is 8.99. The second-order valence-corrected chi connectivity index (χ2v) is 6.46. The Hall–Kier alpha value is -3.67. The van der Waals surface area contributed by atoms with Crippen LogP contribution in [0.25, 0.3) is 11.4 Å². The Balaban J connectivity index is 1.70. The normalized spacial score (nSPS) is 10.8. The second-order valence-electron chi connectivity index (χ2n) is 6.46.